The molecule has 0 bridgehead atoms. The van der Waals surface area contributed by atoms with Crippen molar-refractivity contribution < 1.29 is 14.3 Å². The van der Waals surface area contributed by atoms with Crippen molar-refractivity contribution in [2.75, 3.05) is 6.61 Å². The van der Waals surface area contributed by atoms with E-state index < -0.39 is 5.97 Å². The second-order valence-electron chi connectivity index (χ2n) is 5.10. The number of nitrogens with one attached hydrogen (secondary N) is 1. The lowest BCUT2D eigenvalue weighted by Crippen LogP contribution is -2.38. The minimum Gasteiger partial charge on any atom is -0.452 e. The van der Waals surface area contributed by atoms with Crippen LogP contribution >= 0.6 is 27.5 Å². The van der Waals surface area contributed by atoms with Crippen LogP contribution < -0.4 is 5.32 Å². The molecule has 0 saturated heterocycles. The van der Waals surface area contributed by atoms with E-state index in [4.69, 9.17) is 16.3 Å². The Kier molecular flexibility index (Phi) is 6.06. The van der Waals surface area contributed by atoms with Crippen LogP contribution in [-0.2, 0) is 9.53 Å². The van der Waals surface area contributed by atoms with E-state index in [0.29, 0.717) is 5.02 Å². The molecule has 4 nitrogen and oxygen atoms in total. The largest absolute Gasteiger partial charge is 0.452 e. The number of benzene rings is 1. The number of hydrogen-bond acceptors (Lipinski definition) is 3. The summed E-state index contributed by atoms with van der Waals surface area (Å²) in [5.74, 6) is -0.860. The molecule has 1 fully saturated rings. The summed E-state index contributed by atoms with van der Waals surface area (Å²) in [6.45, 7) is -0.280. The Hall–Kier alpha value is -1.07. The minimum absolute atomic E-state index is 0.208. The Morgan fingerprint density at radius 2 is 2.00 bits per heavy atom. The summed E-state index contributed by atoms with van der Waals surface area (Å²) in [5.41, 5.74) is 0.247. The first-order valence-electron chi connectivity index (χ1n) is 6.98. The highest BCUT2D eigenvalue weighted by Crippen LogP contribution is 2.21. The van der Waals surface area contributed by atoms with E-state index in [2.05, 4.69) is 21.2 Å². The minimum atomic E-state index is -0.597. The van der Waals surface area contributed by atoms with Gasteiger partial charge in [-0.25, -0.2) is 4.79 Å². The summed E-state index contributed by atoms with van der Waals surface area (Å²) in [7, 11) is 0. The van der Waals surface area contributed by atoms with Crippen LogP contribution in [0.4, 0.5) is 0 Å². The predicted octanol–water partition coefficient (Wildman–Crippen LogP) is 3.71. The maximum atomic E-state index is 11.9. The number of ether oxygens (including phenoxy) is 1. The zero-order valence-electron chi connectivity index (χ0n) is 11.5. The lowest BCUT2D eigenvalue weighted by Gasteiger charge is -2.22. The molecule has 0 aromatic heterocycles. The quantitative estimate of drug-likeness (QED) is 0.817. The van der Waals surface area contributed by atoms with Crippen LogP contribution in [0.5, 0.6) is 0 Å². The Balaban J connectivity index is 1.82. The molecule has 0 aliphatic heterocycles. The van der Waals surface area contributed by atoms with Crippen molar-refractivity contribution >= 4 is 39.4 Å². The topological polar surface area (TPSA) is 55.4 Å². The summed E-state index contributed by atoms with van der Waals surface area (Å²) in [6, 6.07) is 5.11. The summed E-state index contributed by atoms with van der Waals surface area (Å²) >= 11 is 9.20. The molecule has 0 radical (unpaired) electrons. The van der Waals surface area contributed by atoms with E-state index in [1.807, 2.05) is 0 Å². The molecule has 1 aromatic carbocycles. The highest BCUT2D eigenvalue weighted by atomic mass is 79.9. The van der Waals surface area contributed by atoms with Crippen molar-refractivity contribution in [2.45, 2.75) is 38.1 Å². The fourth-order valence-electron chi connectivity index (χ4n) is 2.38. The normalized spacial score (nSPS) is 15.5. The third kappa shape index (κ3) is 5.00. The van der Waals surface area contributed by atoms with Crippen molar-refractivity contribution in [1.82, 2.24) is 5.32 Å². The summed E-state index contributed by atoms with van der Waals surface area (Å²) in [5, 5.41) is 3.20. The molecule has 0 heterocycles. The Bertz CT molecular complexity index is 530. The van der Waals surface area contributed by atoms with E-state index in [9.17, 15) is 9.59 Å². The predicted molar refractivity (Wildman–Crippen MR) is 84.5 cm³/mol. The fourth-order valence-corrected chi connectivity index (χ4v) is 2.93. The van der Waals surface area contributed by atoms with Gasteiger partial charge in [0, 0.05) is 10.5 Å². The molecule has 0 atom stereocenters. The number of carbonyl (C=O) groups is 2. The molecule has 2 rings (SSSR count). The molecular formula is C15H17BrClNO3. The van der Waals surface area contributed by atoms with Gasteiger partial charge in [-0.1, -0.05) is 46.8 Å². The summed E-state index contributed by atoms with van der Waals surface area (Å²) in [6.07, 6.45) is 5.49. The molecule has 1 N–H and O–H groups in total. The number of hydrogen-bond donors (Lipinski definition) is 1. The van der Waals surface area contributed by atoms with Gasteiger partial charge in [0.15, 0.2) is 6.61 Å². The zero-order valence-corrected chi connectivity index (χ0v) is 13.9. The van der Waals surface area contributed by atoms with Gasteiger partial charge in [-0.15, -0.1) is 0 Å². The lowest BCUT2D eigenvalue weighted by molar-refractivity contribution is -0.125. The first-order chi connectivity index (χ1) is 10.1. The molecule has 21 heavy (non-hydrogen) atoms. The number of esters is 1. The van der Waals surface area contributed by atoms with Crippen molar-refractivity contribution in [3.63, 3.8) is 0 Å². The van der Waals surface area contributed by atoms with Gasteiger partial charge in [0.25, 0.3) is 5.91 Å². The van der Waals surface area contributed by atoms with Crippen molar-refractivity contribution in [1.29, 1.82) is 0 Å². The third-order valence-electron chi connectivity index (χ3n) is 3.45. The average molecular weight is 375 g/mol. The van der Waals surface area contributed by atoms with Crippen LogP contribution in [0, 0.1) is 0 Å². The van der Waals surface area contributed by atoms with Gasteiger partial charge >= 0.3 is 5.97 Å². The van der Waals surface area contributed by atoms with E-state index >= 15 is 0 Å². The third-order valence-corrected chi connectivity index (χ3v) is 4.28. The van der Waals surface area contributed by atoms with Gasteiger partial charge < -0.3 is 10.1 Å². The highest BCUT2D eigenvalue weighted by molar-refractivity contribution is 9.10. The van der Waals surface area contributed by atoms with Crippen molar-refractivity contribution in [2.24, 2.45) is 0 Å². The Morgan fingerprint density at radius 1 is 1.29 bits per heavy atom. The van der Waals surface area contributed by atoms with E-state index in [0.717, 1.165) is 30.2 Å². The maximum Gasteiger partial charge on any atom is 0.340 e. The monoisotopic (exact) mass is 373 g/mol. The standard InChI is InChI=1S/C15H17BrClNO3/c16-10-6-7-13(17)12(8-10)15(20)21-9-14(19)18-11-4-2-1-3-5-11/h6-8,11H,1-5,9H2,(H,18,19). The molecule has 6 heteroatoms. The van der Waals surface area contributed by atoms with Gasteiger partial charge in [0.1, 0.15) is 0 Å². The van der Waals surface area contributed by atoms with Crippen LogP contribution in [0.3, 0.4) is 0 Å². The highest BCUT2D eigenvalue weighted by Gasteiger charge is 2.18. The number of carbonyl (C=O) groups excluding carboxylic acids is 2. The van der Waals surface area contributed by atoms with E-state index in [-0.39, 0.29) is 24.1 Å². The van der Waals surface area contributed by atoms with Crippen molar-refractivity contribution in [3.05, 3.63) is 33.3 Å². The lowest BCUT2D eigenvalue weighted by atomic mass is 9.95. The zero-order chi connectivity index (χ0) is 15.2. The number of halogens is 2. The van der Waals surface area contributed by atoms with Crippen LogP contribution in [0.15, 0.2) is 22.7 Å². The molecule has 1 saturated carbocycles. The molecule has 1 amide bonds. The smallest absolute Gasteiger partial charge is 0.340 e. The molecule has 1 aromatic rings. The van der Waals surface area contributed by atoms with Crippen molar-refractivity contribution in [3.8, 4) is 0 Å². The maximum absolute atomic E-state index is 11.9. The molecule has 1 aliphatic rings. The SMILES string of the molecule is O=C(COC(=O)c1cc(Br)ccc1Cl)NC1CCCCC1. The second-order valence-corrected chi connectivity index (χ2v) is 6.43. The Labute approximate surface area is 137 Å². The summed E-state index contributed by atoms with van der Waals surface area (Å²) < 4.78 is 5.74. The van der Waals surface area contributed by atoms with Crippen LogP contribution in [0.1, 0.15) is 42.5 Å². The van der Waals surface area contributed by atoms with Gasteiger partial charge in [-0.05, 0) is 31.0 Å². The molecule has 1 aliphatic carbocycles. The molecule has 0 unspecified atom stereocenters. The van der Waals surface area contributed by atoms with Crippen LogP contribution in [0.25, 0.3) is 0 Å². The van der Waals surface area contributed by atoms with Gasteiger partial charge in [0.2, 0.25) is 0 Å². The van der Waals surface area contributed by atoms with Gasteiger partial charge in [0.05, 0.1) is 10.6 Å². The van der Waals surface area contributed by atoms with E-state index in [1.54, 1.807) is 18.2 Å². The molecular weight excluding hydrogens is 358 g/mol. The van der Waals surface area contributed by atoms with E-state index in [1.165, 1.54) is 6.42 Å². The second kappa shape index (κ2) is 7.80. The first kappa shape index (κ1) is 16.3. The summed E-state index contributed by atoms with van der Waals surface area (Å²) in [4.78, 5) is 23.7. The van der Waals surface area contributed by atoms with Crippen LogP contribution in [0.2, 0.25) is 5.02 Å². The number of rotatable bonds is 4. The molecule has 114 valence electrons. The number of amides is 1. The average Bonchev–Trinajstić information content (AvgIpc) is 2.48. The van der Waals surface area contributed by atoms with Gasteiger partial charge in [-0.2, -0.15) is 0 Å². The first-order valence-corrected chi connectivity index (χ1v) is 8.15. The Morgan fingerprint density at radius 3 is 2.71 bits per heavy atom. The molecule has 0 spiro atoms. The van der Waals surface area contributed by atoms with Gasteiger partial charge in [-0.3, -0.25) is 4.79 Å². The fraction of sp³-hybridized carbons (Fsp3) is 0.467. The van der Waals surface area contributed by atoms with Crippen LogP contribution in [-0.4, -0.2) is 24.5 Å².